The molecule has 4 heteroatoms. The fraction of sp³-hybridized carbons (Fsp3) is 0.364. The van der Waals surface area contributed by atoms with E-state index in [0.717, 1.165) is 42.6 Å². The van der Waals surface area contributed by atoms with Crippen molar-refractivity contribution < 1.29 is 8.42 Å². The number of hydrogen-bond acceptors (Lipinski definition) is 3. The number of benzene rings is 2. The summed E-state index contributed by atoms with van der Waals surface area (Å²) in [6.07, 6.45) is 5.08. The Hall–Kier alpha value is -2.07. The lowest BCUT2D eigenvalue weighted by atomic mass is 9.91. The first-order valence-corrected chi connectivity index (χ1v) is 10.9. The maximum atomic E-state index is 13.5. The molecule has 26 heavy (non-hydrogen) atoms. The van der Waals surface area contributed by atoms with Gasteiger partial charge in [0, 0.05) is 12.6 Å². The van der Waals surface area contributed by atoms with Gasteiger partial charge in [0.15, 0.2) is 0 Å². The Kier molecular flexibility index (Phi) is 4.62. The molecular formula is C22H25NO2S. The number of rotatable bonds is 3. The normalized spacial score (nSPS) is 20.8. The molecule has 0 amide bonds. The lowest BCUT2D eigenvalue weighted by Crippen LogP contribution is -2.42. The van der Waals surface area contributed by atoms with Crippen molar-refractivity contribution in [3.63, 3.8) is 0 Å². The third kappa shape index (κ3) is 3.07. The zero-order valence-corrected chi connectivity index (χ0v) is 16.0. The van der Waals surface area contributed by atoms with Gasteiger partial charge in [0.1, 0.15) is 0 Å². The molecule has 1 unspecified atom stereocenters. The Bertz CT molecular complexity index is 914. The molecule has 2 aromatic rings. The number of piperidine rings is 1. The zero-order chi connectivity index (χ0) is 18.1. The van der Waals surface area contributed by atoms with Gasteiger partial charge in [-0.25, -0.2) is 8.42 Å². The van der Waals surface area contributed by atoms with Gasteiger partial charge in [0.05, 0.1) is 15.5 Å². The first-order chi connectivity index (χ1) is 12.6. The molecule has 2 aromatic carbocycles. The van der Waals surface area contributed by atoms with Gasteiger partial charge in [-0.3, -0.25) is 0 Å². The van der Waals surface area contributed by atoms with Crippen LogP contribution in [0.2, 0.25) is 0 Å². The van der Waals surface area contributed by atoms with Crippen LogP contribution in [0.25, 0.3) is 5.70 Å². The van der Waals surface area contributed by atoms with E-state index in [9.17, 15) is 8.42 Å². The Balaban J connectivity index is 1.89. The molecule has 2 aliphatic heterocycles. The predicted molar refractivity (Wildman–Crippen MR) is 105 cm³/mol. The van der Waals surface area contributed by atoms with Crippen LogP contribution in [0.4, 0.5) is 0 Å². The molecule has 3 nitrogen and oxygen atoms in total. The zero-order valence-electron chi connectivity index (χ0n) is 15.2. The number of hydrogen-bond donors (Lipinski definition) is 0. The molecule has 2 heterocycles. The summed E-state index contributed by atoms with van der Waals surface area (Å²) in [4.78, 5) is 3.36. The first-order valence-electron chi connectivity index (χ1n) is 9.44. The van der Waals surface area contributed by atoms with Gasteiger partial charge in [-0.15, -0.1) is 0 Å². The van der Waals surface area contributed by atoms with Crippen LogP contribution in [-0.4, -0.2) is 25.9 Å². The fourth-order valence-electron chi connectivity index (χ4n) is 4.22. The summed E-state index contributed by atoms with van der Waals surface area (Å²) in [5, 5.41) is 0. The second kappa shape index (κ2) is 6.92. The Labute approximate surface area is 156 Å². The summed E-state index contributed by atoms with van der Waals surface area (Å²) in [6, 6.07) is 17.7. The summed E-state index contributed by atoms with van der Waals surface area (Å²) in [6.45, 7) is 2.92. The van der Waals surface area contributed by atoms with Crippen molar-refractivity contribution in [1.29, 1.82) is 0 Å². The average Bonchev–Trinajstić information content (AvgIpc) is 2.68. The third-order valence-electron chi connectivity index (χ3n) is 5.59. The topological polar surface area (TPSA) is 37.4 Å². The molecule has 4 rings (SSSR count). The third-order valence-corrected chi connectivity index (χ3v) is 7.52. The van der Waals surface area contributed by atoms with Crippen LogP contribution in [0, 0.1) is 6.92 Å². The molecule has 0 aliphatic carbocycles. The van der Waals surface area contributed by atoms with Gasteiger partial charge >= 0.3 is 0 Å². The van der Waals surface area contributed by atoms with Crippen LogP contribution >= 0.6 is 0 Å². The molecule has 1 fully saturated rings. The van der Waals surface area contributed by atoms with Gasteiger partial charge in [0.25, 0.3) is 0 Å². The van der Waals surface area contributed by atoms with E-state index in [2.05, 4.69) is 4.90 Å². The molecule has 2 aliphatic rings. The predicted octanol–water partition coefficient (Wildman–Crippen LogP) is 4.79. The number of fused-ring (bicyclic) bond motifs is 1. The lowest BCUT2D eigenvalue weighted by Gasteiger charge is -2.43. The second-order valence-electron chi connectivity index (χ2n) is 7.34. The second-order valence-corrected chi connectivity index (χ2v) is 9.31. The van der Waals surface area contributed by atoms with E-state index in [1.807, 2.05) is 49.4 Å². The summed E-state index contributed by atoms with van der Waals surface area (Å²) >= 11 is 0. The molecule has 136 valence electrons. The summed E-state index contributed by atoms with van der Waals surface area (Å²) in [7, 11) is -3.49. The SMILES string of the molecule is Cc1ccc(S(=O)(=O)C2=C(c3ccccc3)N3CCCCC3CC2)cc1. The smallest absolute Gasteiger partial charge is 0.204 e. The van der Waals surface area contributed by atoms with E-state index in [1.165, 1.54) is 6.42 Å². The monoisotopic (exact) mass is 367 g/mol. The fourth-order valence-corrected chi connectivity index (χ4v) is 5.87. The largest absolute Gasteiger partial charge is 0.367 e. The Morgan fingerprint density at radius 1 is 0.923 bits per heavy atom. The van der Waals surface area contributed by atoms with E-state index in [-0.39, 0.29) is 0 Å². The minimum absolute atomic E-state index is 0.405. The highest BCUT2D eigenvalue weighted by molar-refractivity contribution is 7.95. The van der Waals surface area contributed by atoms with E-state index < -0.39 is 9.84 Å². The molecule has 0 saturated carbocycles. The molecule has 0 aromatic heterocycles. The maximum absolute atomic E-state index is 13.5. The van der Waals surface area contributed by atoms with E-state index in [4.69, 9.17) is 0 Å². The van der Waals surface area contributed by atoms with Gasteiger partial charge < -0.3 is 4.90 Å². The van der Waals surface area contributed by atoms with Gasteiger partial charge in [-0.2, -0.15) is 0 Å². The summed E-state index contributed by atoms with van der Waals surface area (Å²) in [5.41, 5.74) is 3.02. The van der Waals surface area contributed by atoms with Crippen LogP contribution in [0.15, 0.2) is 64.4 Å². The molecular weight excluding hydrogens is 342 g/mol. The van der Waals surface area contributed by atoms with Crippen LogP contribution in [0.3, 0.4) is 0 Å². The summed E-state index contributed by atoms with van der Waals surface area (Å²) in [5.74, 6) is 0. The van der Waals surface area contributed by atoms with Crippen LogP contribution in [-0.2, 0) is 9.84 Å². The van der Waals surface area contributed by atoms with Crippen molar-refractivity contribution in [2.24, 2.45) is 0 Å². The molecule has 0 bridgehead atoms. The Morgan fingerprint density at radius 3 is 2.38 bits per heavy atom. The standard InChI is InChI=1S/C22H25NO2S/c1-17-10-13-20(14-11-17)26(24,25)21-15-12-19-9-5-6-16-23(19)22(21)18-7-3-2-4-8-18/h2-4,7-8,10-11,13-14,19H,5-6,9,12,15-16H2,1H3. The van der Waals surface area contributed by atoms with Crippen molar-refractivity contribution >= 4 is 15.5 Å². The highest BCUT2D eigenvalue weighted by Gasteiger charge is 2.36. The van der Waals surface area contributed by atoms with E-state index >= 15 is 0 Å². The van der Waals surface area contributed by atoms with Gasteiger partial charge in [0.2, 0.25) is 9.84 Å². The van der Waals surface area contributed by atoms with Crippen LogP contribution < -0.4 is 0 Å². The van der Waals surface area contributed by atoms with Gasteiger partial charge in [-0.05, 0) is 56.7 Å². The van der Waals surface area contributed by atoms with E-state index in [0.29, 0.717) is 22.3 Å². The molecule has 0 radical (unpaired) electrons. The number of nitrogens with zero attached hydrogens (tertiary/aromatic N) is 1. The molecule has 0 N–H and O–H groups in total. The van der Waals surface area contributed by atoms with Crippen molar-refractivity contribution in [3.05, 3.63) is 70.6 Å². The van der Waals surface area contributed by atoms with Crippen LogP contribution in [0.1, 0.15) is 43.2 Å². The molecule has 1 saturated heterocycles. The van der Waals surface area contributed by atoms with E-state index in [1.54, 1.807) is 12.1 Å². The Morgan fingerprint density at radius 2 is 1.65 bits per heavy atom. The number of allylic oxidation sites excluding steroid dienone is 1. The summed E-state index contributed by atoms with van der Waals surface area (Å²) < 4.78 is 26.9. The highest BCUT2D eigenvalue weighted by Crippen LogP contribution is 2.41. The number of aryl methyl sites for hydroxylation is 1. The van der Waals surface area contributed by atoms with Crippen molar-refractivity contribution in [2.75, 3.05) is 6.54 Å². The quantitative estimate of drug-likeness (QED) is 0.783. The maximum Gasteiger partial charge on any atom is 0.204 e. The van der Waals surface area contributed by atoms with Gasteiger partial charge in [-0.1, -0.05) is 48.0 Å². The van der Waals surface area contributed by atoms with Crippen molar-refractivity contribution in [3.8, 4) is 0 Å². The number of sulfone groups is 1. The minimum Gasteiger partial charge on any atom is -0.367 e. The first kappa shape index (κ1) is 17.3. The van der Waals surface area contributed by atoms with Crippen molar-refractivity contribution in [2.45, 2.75) is 50.0 Å². The minimum atomic E-state index is -3.49. The van der Waals surface area contributed by atoms with Crippen molar-refractivity contribution in [1.82, 2.24) is 4.90 Å². The molecule has 1 atom stereocenters. The lowest BCUT2D eigenvalue weighted by molar-refractivity contribution is 0.206. The average molecular weight is 368 g/mol. The molecule has 0 spiro atoms. The van der Waals surface area contributed by atoms with Crippen LogP contribution in [0.5, 0.6) is 0 Å². The highest BCUT2D eigenvalue weighted by atomic mass is 32.2.